The van der Waals surface area contributed by atoms with Crippen LogP contribution in [0.3, 0.4) is 0 Å². The number of halogens is 1. The lowest BCUT2D eigenvalue weighted by Gasteiger charge is -2.33. The summed E-state index contributed by atoms with van der Waals surface area (Å²) in [6.07, 6.45) is 8.99. The minimum Gasteiger partial charge on any atom is -0.356 e. The van der Waals surface area contributed by atoms with Crippen molar-refractivity contribution in [3.63, 3.8) is 0 Å². The normalized spacial score (nSPS) is 19.4. The molecule has 0 radical (unpaired) electrons. The molecule has 0 aromatic carbocycles. The number of hydrogen-bond acceptors (Lipinski definition) is 1. The van der Waals surface area contributed by atoms with E-state index in [4.69, 9.17) is 11.6 Å². The minimum absolute atomic E-state index is 0.192. The molecule has 94 valence electrons. The number of amides is 1. The molecule has 1 rings (SSSR count). The molecule has 0 aromatic heterocycles. The van der Waals surface area contributed by atoms with Crippen LogP contribution in [-0.2, 0) is 4.79 Å². The summed E-state index contributed by atoms with van der Waals surface area (Å²) < 4.78 is 0. The van der Waals surface area contributed by atoms with Crippen molar-refractivity contribution in [3.8, 4) is 0 Å². The fourth-order valence-electron chi connectivity index (χ4n) is 2.36. The van der Waals surface area contributed by atoms with Crippen LogP contribution < -0.4 is 5.32 Å². The second kappa shape index (κ2) is 7.16. The molecular weight excluding hydrogens is 222 g/mol. The average molecular weight is 246 g/mol. The number of unbranched alkanes of at least 4 members (excludes halogenated alkanes) is 1. The SMILES string of the molecule is CC1(CNC(=O)CCCCCl)CCCCC1. The van der Waals surface area contributed by atoms with Gasteiger partial charge >= 0.3 is 0 Å². The van der Waals surface area contributed by atoms with Crippen molar-refractivity contribution in [1.29, 1.82) is 0 Å². The van der Waals surface area contributed by atoms with Gasteiger partial charge in [-0.05, 0) is 31.1 Å². The Morgan fingerprint density at radius 3 is 2.56 bits per heavy atom. The van der Waals surface area contributed by atoms with E-state index in [1.807, 2.05) is 0 Å². The lowest BCUT2D eigenvalue weighted by Crippen LogP contribution is -2.36. The summed E-state index contributed by atoms with van der Waals surface area (Å²) in [6.45, 7) is 3.15. The van der Waals surface area contributed by atoms with E-state index >= 15 is 0 Å². The van der Waals surface area contributed by atoms with Gasteiger partial charge in [0.2, 0.25) is 5.91 Å². The van der Waals surface area contributed by atoms with Crippen LogP contribution in [0.1, 0.15) is 58.3 Å². The molecule has 0 aromatic rings. The van der Waals surface area contributed by atoms with Gasteiger partial charge in [-0.15, -0.1) is 11.6 Å². The molecule has 1 N–H and O–H groups in total. The maximum Gasteiger partial charge on any atom is 0.220 e. The number of alkyl halides is 1. The van der Waals surface area contributed by atoms with Crippen LogP contribution in [0.5, 0.6) is 0 Å². The zero-order valence-corrected chi connectivity index (χ0v) is 11.1. The highest BCUT2D eigenvalue weighted by atomic mass is 35.5. The Morgan fingerprint density at radius 1 is 1.25 bits per heavy atom. The molecule has 0 heterocycles. The number of carbonyl (C=O) groups is 1. The smallest absolute Gasteiger partial charge is 0.220 e. The molecule has 0 saturated heterocycles. The first-order valence-corrected chi connectivity index (χ1v) is 7.02. The first kappa shape index (κ1) is 13.8. The monoisotopic (exact) mass is 245 g/mol. The maximum atomic E-state index is 11.5. The zero-order valence-electron chi connectivity index (χ0n) is 10.4. The van der Waals surface area contributed by atoms with Crippen molar-refractivity contribution >= 4 is 17.5 Å². The summed E-state index contributed by atoms with van der Waals surface area (Å²) in [6, 6.07) is 0. The van der Waals surface area contributed by atoms with E-state index in [2.05, 4.69) is 12.2 Å². The van der Waals surface area contributed by atoms with Crippen molar-refractivity contribution in [3.05, 3.63) is 0 Å². The summed E-state index contributed by atoms with van der Waals surface area (Å²) in [5, 5.41) is 3.07. The highest BCUT2D eigenvalue weighted by Crippen LogP contribution is 2.34. The third kappa shape index (κ3) is 5.20. The molecule has 0 bridgehead atoms. The average Bonchev–Trinajstić information content (AvgIpc) is 2.28. The lowest BCUT2D eigenvalue weighted by atomic mass is 9.76. The minimum atomic E-state index is 0.192. The maximum absolute atomic E-state index is 11.5. The van der Waals surface area contributed by atoms with Crippen molar-refractivity contribution in [2.24, 2.45) is 5.41 Å². The number of hydrogen-bond donors (Lipinski definition) is 1. The molecular formula is C13H24ClNO. The molecule has 0 unspecified atom stereocenters. The van der Waals surface area contributed by atoms with Gasteiger partial charge in [0.05, 0.1) is 0 Å². The fourth-order valence-corrected chi connectivity index (χ4v) is 2.55. The summed E-state index contributed by atoms with van der Waals surface area (Å²) in [5.41, 5.74) is 0.348. The zero-order chi connectivity index (χ0) is 11.9. The quantitative estimate of drug-likeness (QED) is 0.563. The molecule has 1 amide bonds. The molecule has 1 fully saturated rings. The first-order chi connectivity index (χ1) is 7.66. The molecule has 2 nitrogen and oxygen atoms in total. The Kier molecular flexibility index (Phi) is 6.18. The van der Waals surface area contributed by atoms with Crippen molar-refractivity contribution < 1.29 is 4.79 Å². The van der Waals surface area contributed by atoms with Gasteiger partial charge in [-0.1, -0.05) is 26.2 Å². The van der Waals surface area contributed by atoms with E-state index in [0.717, 1.165) is 19.4 Å². The fraction of sp³-hybridized carbons (Fsp3) is 0.923. The van der Waals surface area contributed by atoms with Crippen molar-refractivity contribution in [2.45, 2.75) is 58.3 Å². The lowest BCUT2D eigenvalue weighted by molar-refractivity contribution is -0.121. The molecule has 1 aliphatic rings. The van der Waals surface area contributed by atoms with Gasteiger partial charge in [0.1, 0.15) is 0 Å². The van der Waals surface area contributed by atoms with Gasteiger partial charge in [-0.2, -0.15) is 0 Å². The van der Waals surface area contributed by atoms with E-state index in [9.17, 15) is 4.79 Å². The molecule has 16 heavy (non-hydrogen) atoms. The predicted octanol–water partition coefficient (Wildman–Crippen LogP) is 3.48. The van der Waals surface area contributed by atoms with Crippen LogP contribution in [0.25, 0.3) is 0 Å². The van der Waals surface area contributed by atoms with Crippen LogP contribution in [0.15, 0.2) is 0 Å². The number of rotatable bonds is 6. The van der Waals surface area contributed by atoms with Gasteiger partial charge in [0.15, 0.2) is 0 Å². The highest BCUT2D eigenvalue weighted by Gasteiger charge is 2.26. The van der Waals surface area contributed by atoms with Gasteiger partial charge in [-0.3, -0.25) is 4.79 Å². The molecule has 0 spiro atoms. The highest BCUT2D eigenvalue weighted by molar-refractivity contribution is 6.17. The summed E-state index contributed by atoms with van der Waals surface area (Å²) >= 11 is 5.57. The Morgan fingerprint density at radius 2 is 1.94 bits per heavy atom. The van der Waals surface area contributed by atoms with E-state index in [-0.39, 0.29) is 5.91 Å². The van der Waals surface area contributed by atoms with Crippen LogP contribution >= 0.6 is 11.6 Å². The third-order valence-electron chi connectivity index (χ3n) is 3.56. The summed E-state index contributed by atoms with van der Waals surface area (Å²) in [4.78, 5) is 11.5. The number of carbonyl (C=O) groups excluding carboxylic acids is 1. The molecule has 3 heteroatoms. The van der Waals surface area contributed by atoms with Gasteiger partial charge < -0.3 is 5.32 Å². The molecule has 0 aliphatic heterocycles. The van der Waals surface area contributed by atoms with E-state index in [1.54, 1.807) is 0 Å². The van der Waals surface area contributed by atoms with Gasteiger partial charge in [0, 0.05) is 18.8 Å². The van der Waals surface area contributed by atoms with Crippen molar-refractivity contribution in [2.75, 3.05) is 12.4 Å². The molecule has 1 saturated carbocycles. The standard InChI is InChI=1S/C13H24ClNO/c1-13(8-4-2-5-9-13)11-15-12(16)7-3-6-10-14/h2-11H2,1H3,(H,15,16). The van der Waals surface area contributed by atoms with Crippen LogP contribution in [-0.4, -0.2) is 18.3 Å². The van der Waals surface area contributed by atoms with E-state index in [0.29, 0.717) is 17.7 Å². The van der Waals surface area contributed by atoms with Crippen LogP contribution in [0.4, 0.5) is 0 Å². The third-order valence-corrected chi connectivity index (χ3v) is 3.83. The number of nitrogens with one attached hydrogen (secondary N) is 1. The largest absolute Gasteiger partial charge is 0.356 e. The second-order valence-corrected chi connectivity index (χ2v) is 5.67. The van der Waals surface area contributed by atoms with Gasteiger partial charge in [0.25, 0.3) is 0 Å². The first-order valence-electron chi connectivity index (χ1n) is 6.49. The van der Waals surface area contributed by atoms with Gasteiger partial charge in [-0.25, -0.2) is 0 Å². The Bertz CT molecular complexity index is 212. The van der Waals surface area contributed by atoms with E-state index in [1.165, 1.54) is 32.1 Å². The molecule has 1 aliphatic carbocycles. The summed E-state index contributed by atoms with van der Waals surface area (Å²) in [5.74, 6) is 0.849. The van der Waals surface area contributed by atoms with Crippen molar-refractivity contribution in [1.82, 2.24) is 5.32 Å². The Labute approximate surface area is 104 Å². The topological polar surface area (TPSA) is 29.1 Å². The second-order valence-electron chi connectivity index (χ2n) is 5.29. The predicted molar refractivity (Wildman–Crippen MR) is 68.8 cm³/mol. The summed E-state index contributed by atoms with van der Waals surface area (Å²) in [7, 11) is 0. The van der Waals surface area contributed by atoms with E-state index < -0.39 is 0 Å². The Balaban J connectivity index is 2.14. The molecule has 0 atom stereocenters. The Hall–Kier alpha value is -0.240. The van der Waals surface area contributed by atoms with Crippen LogP contribution in [0.2, 0.25) is 0 Å². The van der Waals surface area contributed by atoms with Crippen LogP contribution in [0, 0.1) is 5.41 Å².